The highest BCUT2D eigenvalue weighted by Gasteiger charge is 2.12. The van der Waals surface area contributed by atoms with E-state index in [9.17, 15) is 9.59 Å². The van der Waals surface area contributed by atoms with Gasteiger partial charge in [-0.2, -0.15) is 4.57 Å². The molecule has 19 heavy (non-hydrogen) atoms. The van der Waals surface area contributed by atoms with Crippen molar-refractivity contribution in [2.75, 3.05) is 0 Å². The maximum Gasteiger partial charge on any atom is 0.265 e. The highest BCUT2D eigenvalue weighted by atomic mass is 16.2. The molecule has 0 saturated heterocycles. The van der Waals surface area contributed by atoms with Crippen molar-refractivity contribution in [1.29, 1.82) is 0 Å². The van der Waals surface area contributed by atoms with Gasteiger partial charge in [0.15, 0.2) is 12.4 Å². The van der Waals surface area contributed by atoms with E-state index in [1.165, 1.54) is 0 Å². The van der Waals surface area contributed by atoms with Gasteiger partial charge < -0.3 is 0 Å². The highest BCUT2D eigenvalue weighted by Crippen LogP contribution is 2.00. The zero-order valence-corrected chi connectivity index (χ0v) is 10.2. The van der Waals surface area contributed by atoms with Crippen LogP contribution in [0.1, 0.15) is 20.7 Å². The quantitative estimate of drug-likeness (QED) is 0.274. The van der Waals surface area contributed by atoms with Crippen LogP contribution in [0.4, 0.5) is 0 Å². The number of nitrogens with zero attached hydrogens (tertiary/aromatic N) is 1. The van der Waals surface area contributed by atoms with Crippen molar-refractivity contribution in [2.24, 2.45) is 5.84 Å². The maximum absolute atomic E-state index is 12.0. The zero-order valence-electron chi connectivity index (χ0n) is 10.2. The fraction of sp³-hybridized carbons (Fsp3) is 0.0714. The topological polar surface area (TPSA) is 76.1 Å². The molecule has 1 aromatic heterocycles. The summed E-state index contributed by atoms with van der Waals surface area (Å²) in [6.07, 6.45) is 3.34. The first-order valence-electron chi connectivity index (χ1n) is 5.79. The van der Waals surface area contributed by atoms with Crippen LogP contribution in [0.5, 0.6) is 0 Å². The molecule has 2 rings (SSSR count). The molecule has 0 bridgehead atoms. The number of hydrogen-bond donors (Lipinski definition) is 2. The van der Waals surface area contributed by atoms with Crippen molar-refractivity contribution in [3.8, 4) is 0 Å². The molecule has 96 valence electrons. The summed E-state index contributed by atoms with van der Waals surface area (Å²) in [5.41, 5.74) is 3.17. The van der Waals surface area contributed by atoms with Crippen molar-refractivity contribution in [3.05, 3.63) is 66.0 Å². The first kappa shape index (κ1) is 12.9. The Bertz CT molecular complexity index is 579. The Morgan fingerprint density at radius 1 is 1.00 bits per heavy atom. The fourth-order valence-electron chi connectivity index (χ4n) is 1.68. The average molecular weight is 256 g/mol. The van der Waals surface area contributed by atoms with Gasteiger partial charge >= 0.3 is 0 Å². The standard InChI is InChI=1S/C14H13N3O2/c15-16-14(19)12-6-8-17(9-7-12)10-13(18)11-4-2-1-3-5-11/h1-9,15,19H,10H2/p+1. The number of amides is 1. The van der Waals surface area contributed by atoms with Gasteiger partial charge in [0.2, 0.25) is 12.3 Å². The Balaban J connectivity index is 2.08. The molecule has 0 aliphatic carbocycles. The molecular formula is C14H14N3O2+. The number of carbonyl (C=O) groups is 2. The molecule has 2 aromatic rings. The van der Waals surface area contributed by atoms with E-state index < -0.39 is 0 Å². The van der Waals surface area contributed by atoms with Gasteiger partial charge in [-0.15, -0.1) is 0 Å². The molecule has 0 spiro atoms. The van der Waals surface area contributed by atoms with E-state index in [1.54, 1.807) is 41.2 Å². The number of rotatable bonds is 4. The molecule has 0 aliphatic rings. The van der Waals surface area contributed by atoms with Gasteiger partial charge in [0, 0.05) is 17.7 Å². The lowest BCUT2D eigenvalue weighted by Crippen LogP contribution is -2.38. The van der Waals surface area contributed by atoms with Crippen molar-refractivity contribution in [2.45, 2.75) is 6.54 Å². The van der Waals surface area contributed by atoms with Crippen LogP contribution in [0.25, 0.3) is 0 Å². The normalized spacial score (nSPS) is 9.95. The number of hydrazine groups is 1. The monoisotopic (exact) mass is 256 g/mol. The summed E-state index contributed by atoms with van der Waals surface area (Å²) in [5, 5.41) is 0. The van der Waals surface area contributed by atoms with Crippen LogP contribution < -0.4 is 15.8 Å². The molecule has 0 unspecified atom stereocenters. The SMILES string of the molecule is NNC(=O)c1cc[n+](CC(=O)c2ccccc2)cc1. The number of nitrogens with one attached hydrogen (secondary N) is 1. The number of benzene rings is 1. The summed E-state index contributed by atoms with van der Waals surface area (Å²) in [7, 11) is 0. The highest BCUT2D eigenvalue weighted by molar-refractivity contribution is 5.95. The van der Waals surface area contributed by atoms with Crippen LogP contribution in [-0.2, 0) is 6.54 Å². The van der Waals surface area contributed by atoms with E-state index in [0.29, 0.717) is 11.1 Å². The maximum atomic E-state index is 12.0. The summed E-state index contributed by atoms with van der Waals surface area (Å²) in [6.45, 7) is 0.231. The number of nitrogens with two attached hydrogens (primary N) is 1. The third kappa shape index (κ3) is 3.23. The van der Waals surface area contributed by atoms with Gasteiger partial charge in [0.25, 0.3) is 5.91 Å². The van der Waals surface area contributed by atoms with Crippen molar-refractivity contribution < 1.29 is 14.2 Å². The minimum Gasteiger partial charge on any atom is -0.290 e. The molecule has 1 amide bonds. The Morgan fingerprint density at radius 2 is 1.63 bits per heavy atom. The molecule has 5 heteroatoms. The average Bonchev–Trinajstić information content (AvgIpc) is 2.48. The van der Waals surface area contributed by atoms with E-state index in [2.05, 4.69) is 5.43 Å². The Labute approximate surface area is 110 Å². The van der Waals surface area contributed by atoms with E-state index in [0.717, 1.165) is 0 Å². The molecule has 1 aromatic carbocycles. The van der Waals surface area contributed by atoms with Crippen LogP contribution in [0.3, 0.4) is 0 Å². The van der Waals surface area contributed by atoms with Crippen molar-refractivity contribution in [3.63, 3.8) is 0 Å². The number of aromatic nitrogens is 1. The second-order valence-electron chi connectivity index (χ2n) is 4.02. The molecule has 0 fully saturated rings. The van der Waals surface area contributed by atoms with Gasteiger partial charge in [0.1, 0.15) is 0 Å². The minimum atomic E-state index is -0.360. The van der Waals surface area contributed by atoms with Crippen molar-refractivity contribution >= 4 is 11.7 Å². The Kier molecular flexibility index (Phi) is 4.00. The van der Waals surface area contributed by atoms with Gasteiger partial charge in [-0.3, -0.25) is 15.0 Å². The van der Waals surface area contributed by atoms with Crippen LogP contribution in [0, 0.1) is 0 Å². The second-order valence-corrected chi connectivity index (χ2v) is 4.02. The summed E-state index contributed by atoms with van der Waals surface area (Å²) in [5.74, 6) is 4.69. The molecule has 0 saturated carbocycles. The number of nitrogen functional groups attached to an aromatic ring is 1. The third-order valence-corrected chi connectivity index (χ3v) is 2.71. The van der Waals surface area contributed by atoms with Gasteiger partial charge in [-0.1, -0.05) is 30.3 Å². The van der Waals surface area contributed by atoms with E-state index in [4.69, 9.17) is 5.84 Å². The third-order valence-electron chi connectivity index (χ3n) is 2.71. The fourth-order valence-corrected chi connectivity index (χ4v) is 1.68. The largest absolute Gasteiger partial charge is 0.290 e. The van der Waals surface area contributed by atoms with Crippen LogP contribution >= 0.6 is 0 Å². The summed E-state index contributed by atoms with van der Waals surface area (Å²) < 4.78 is 1.71. The summed E-state index contributed by atoms with van der Waals surface area (Å²) in [4.78, 5) is 23.2. The van der Waals surface area contributed by atoms with E-state index in [-0.39, 0.29) is 18.2 Å². The number of pyridine rings is 1. The number of carbonyl (C=O) groups excluding carboxylic acids is 2. The van der Waals surface area contributed by atoms with Crippen LogP contribution in [0.2, 0.25) is 0 Å². The molecule has 3 N–H and O–H groups in total. The molecule has 5 nitrogen and oxygen atoms in total. The van der Waals surface area contributed by atoms with Gasteiger partial charge in [-0.25, -0.2) is 5.84 Å². The van der Waals surface area contributed by atoms with Gasteiger partial charge in [0.05, 0.1) is 5.56 Å². The van der Waals surface area contributed by atoms with E-state index >= 15 is 0 Å². The first-order valence-corrected chi connectivity index (χ1v) is 5.79. The summed E-state index contributed by atoms with van der Waals surface area (Å²) >= 11 is 0. The van der Waals surface area contributed by atoms with Crippen molar-refractivity contribution in [1.82, 2.24) is 5.43 Å². The number of ketones is 1. The number of Topliss-reactive ketones (excluding diaryl/α,β-unsaturated/α-hetero) is 1. The Morgan fingerprint density at radius 3 is 2.21 bits per heavy atom. The van der Waals surface area contributed by atoms with Gasteiger partial charge in [-0.05, 0) is 0 Å². The predicted octanol–water partition coefficient (Wildman–Crippen LogP) is 0.460. The Hall–Kier alpha value is -2.53. The minimum absolute atomic E-state index is 0.0154. The molecule has 0 atom stereocenters. The first-order chi connectivity index (χ1) is 9.20. The number of hydrogen-bond acceptors (Lipinski definition) is 3. The lowest BCUT2D eigenvalue weighted by molar-refractivity contribution is -0.683. The van der Waals surface area contributed by atoms with E-state index in [1.807, 2.05) is 18.2 Å². The molecule has 0 aliphatic heterocycles. The molecular weight excluding hydrogens is 242 g/mol. The molecule has 0 radical (unpaired) electrons. The molecule has 1 heterocycles. The lowest BCUT2D eigenvalue weighted by Gasteiger charge is -2.00. The van der Waals surface area contributed by atoms with Crippen LogP contribution in [0.15, 0.2) is 54.9 Å². The second kappa shape index (κ2) is 5.88. The smallest absolute Gasteiger partial charge is 0.265 e. The zero-order chi connectivity index (χ0) is 13.7. The summed E-state index contributed by atoms with van der Waals surface area (Å²) in [6, 6.07) is 12.3. The van der Waals surface area contributed by atoms with Crippen LogP contribution in [-0.4, -0.2) is 11.7 Å². The lowest BCUT2D eigenvalue weighted by atomic mass is 10.1. The predicted molar refractivity (Wildman–Crippen MR) is 69.1 cm³/mol.